The topological polar surface area (TPSA) is 52.3 Å². The Labute approximate surface area is 84.7 Å². The van der Waals surface area contributed by atoms with Crippen LogP contribution in [0.3, 0.4) is 0 Å². The molecule has 1 heterocycles. The molecule has 0 aliphatic carbocycles. The first-order valence-corrected chi connectivity index (χ1v) is 5.02. The number of nitrogens with one attached hydrogen (secondary N) is 2. The summed E-state index contributed by atoms with van der Waals surface area (Å²) >= 11 is 0. The first kappa shape index (κ1) is 11.0. The highest BCUT2D eigenvalue weighted by Gasteiger charge is 2.21. The summed E-state index contributed by atoms with van der Waals surface area (Å²) in [6.45, 7) is 6.37. The minimum absolute atomic E-state index is 0.190. The Bertz CT molecular complexity index is 231. The summed E-state index contributed by atoms with van der Waals surface area (Å²) in [6, 6.07) is 0.190. The number of amides is 1. The van der Waals surface area contributed by atoms with Crippen LogP contribution in [0.25, 0.3) is 0 Å². The first-order valence-electron chi connectivity index (χ1n) is 5.02. The molecule has 1 rings (SSSR count). The maximum Gasteiger partial charge on any atom is 0.408 e. The van der Waals surface area contributed by atoms with Gasteiger partial charge in [-0.15, -0.1) is 0 Å². The molecule has 0 aromatic rings. The van der Waals surface area contributed by atoms with Crippen molar-refractivity contribution in [3.8, 4) is 0 Å². The number of ether oxygens (including phenoxy) is 1. The summed E-state index contributed by atoms with van der Waals surface area (Å²) in [5.74, 6) is 0. The van der Waals surface area contributed by atoms with Gasteiger partial charge in [-0.3, -0.25) is 0 Å². The average Bonchev–Trinajstić information content (AvgIpc) is 2.02. The van der Waals surface area contributed by atoms with Crippen molar-refractivity contribution in [2.75, 3.05) is 6.54 Å². The summed E-state index contributed by atoms with van der Waals surface area (Å²) in [6.07, 6.45) is 3.66. The molecule has 0 radical (unpaired) electrons. The fraction of sp³-hybridized carbons (Fsp3) is 0.800. The molecule has 1 amide bonds. The number of alkyl carbamates (subject to hydrolysis) is 1. The minimum atomic E-state index is -0.418. The van der Waals surface area contributed by atoms with Gasteiger partial charge in [0.25, 0.3) is 0 Å². The molecule has 1 aliphatic rings. The van der Waals surface area contributed by atoms with Crippen LogP contribution < -0.4 is 10.3 Å². The molecule has 2 N–H and O–H groups in total. The van der Waals surface area contributed by atoms with Gasteiger partial charge in [0.2, 0.25) is 0 Å². The van der Waals surface area contributed by atoms with E-state index < -0.39 is 5.60 Å². The van der Waals surface area contributed by atoms with Crippen molar-refractivity contribution < 1.29 is 14.5 Å². The molecule has 1 aliphatic heterocycles. The SMILES string of the molecule is CC(C)(C)OC(=O)N[C@H]1CCC=[NH+]C1. The van der Waals surface area contributed by atoms with Crippen molar-refractivity contribution in [1.82, 2.24) is 5.32 Å². The molecule has 0 saturated carbocycles. The van der Waals surface area contributed by atoms with Crippen LogP contribution in [0, 0.1) is 0 Å². The highest BCUT2D eigenvalue weighted by atomic mass is 16.6. The number of carbonyl (C=O) groups excluding carboxylic acids is 1. The van der Waals surface area contributed by atoms with Crippen molar-refractivity contribution in [2.45, 2.75) is 45.3 Å². The highest BCUT2D eigenvalue weighted by molar-refractivity contribution is 5.68. The van der Waals surface area contributed by atoms with Crippen LogP contribution in [0.15, 0.2) is 0 Å². The van der Waals surface area contributed by atoms with E-state index in [0.717, 1.165) is 19.4 Å². The average molecular weight is 199 g/mol. The molecular weight excluding hydrogens is 180 g/mol. The fourth-order valence-electron chi connectivity index (χ4n) is 1.31. The number of carbonyl (C=O) groups is 1. The van der Waals surface area contributed by atoms with E-state index in [0.29, 0.717) is 0 Å². The van der Waals surface area contributed by atoms with Gasteiger partial charge in [-0.1, -0.05) is 0 Å². The predicted molar refractivity (Wildman–Crippen MR) is 54.3 cm³/mol. The lowest BCUT2D eigenvalue weighted by Crippen LogP contribution is -2.76. The molecule has 4 nitrogen and oxygen atoms in total. The maximum atomic E-state index is 11.4. The van der Waals surface area contributed by atoms with Gasteiger partial charge in [0, 0.05) is 6.42 Å². The zero-order chi connectivity index (χ0) is 10.6. The van der Waals surface area contributed by atoms with E-state index in [1.165, 1.54) is 0 Å². The second-order valence-corrected chi connectivity index (χ2v) is 4.53. The van der Waals surface area contributed by atoms with Crippen LogP contribution >= 0.6 is 0 Å². The minimum Gasteiger partial charge on any atom is -0.444 e. The van der Waals surface area contributed by atoms with E-state index in [2.05, 4.69) is 10.3 Å². The van der Waals surface area contributed by atoms with Gasteiger partial charge in [0.1, 0.15) is 11.8 Å². The summed E-state index contributed by atoms with van der Waals surface area (Å²) in [5, 5.41) is 2.83. The Morgan fingerprint density at radius 1 is 1.57 bits per heavy atom. The second kappa shape index (κ2) is 4.44. The van der Waals surface area contributed by atoms with Crippen molar-refractivity contribution in [3.63, 3.8) is 0 Å². The van der Waals surface area contributed by atoms with Crippen molar-refractivity contribution >= 4 is 12.3 Å². The molecule has 80 valence electrons. The zero-order valence-corrected chi connectivity index (χ0v) is 9.09. The lowest BCUT2D eigenvalue weighted by Gasteiger charge is -2.22. The monoisotopic (exact) mass is 199 g/mol. The molecule has 0 unspecified atom stereocenters. The van der Waals surface area contributed by atoms with E-state index in [9.17, 15) is 4.79 Å². The molecule has 4 heteroatoms. The molecule has 0 spiro atoms. The van der Waals surface area contributed by atoms with Gasteiger partial charge in [-0.05, 0) is 27.2 Å². The quantitative estimate of drug-likeness (QED) is 0.616. The van der Waals surface area contributed by atoms with Gasteiger partial charge >= 0.3 is 6.09 Å². The number of hydrogen-bond acceptors (Lipinski definition) is 2. The van der Waals surface area contributed by atoms with E-state index in [1.54, 1.807) is 0 Å². The standard InChI is InChI=1S/C10H18N2O2/c1-10(2,3)14-9(13)12-8-5-4-6-11-7-8/h6,8H,4-5,7H2,1-3H3,(H,12,13)/p+1/t8-/m0/s1. The van der Waals surface area contributed by atoms with Crippen LogP contribution in [0.5, 0.6) is 0 Å². The van der Waals surface area contributed by atoms with Gasteiger partial charge in [0.05, 0.1) is 6.04 Å². The van der Waals surface area contributed by atoms with Crippen LogP contribution in [-0.4, -0.2) is 30.5 Å². The molecule has 0 aromatic heterocycles. The molecule has 0 bridgehead atoms. The normalized spacial score (nSPS) is 21.8. The predicted octanol–water partition coefficient (Wildman–Crippen LogP) is -0.175. The van der Waals surface area contributed by atoms with Crippen molar-refractivity contribution in [1.29, 1.82) is 0 Å². The second-order valence-electron chi connectivity index (χ2n) is 4.53. The molecule has 14 heavy (non-hydrogen) atoms. The molecule has 0 saturated heterocycles. The number of rotatable bonds is 1. The Balaban J connectivity index is 2.30. The molecule has 0 fully saturated rings. The van der Waals surface area contributed by atoms with E-state index >= 15 is 0 Å². The zero-order valence-electron chi connectivity index (χ0n) is 9.09. The van der Waals surface area contributed by atoms with Crippen LogP contribution in [0.1, 0.15) is 33.6 Å². The Morgan fingerprint density at radius 2 is 2.29 bits per heavy atom. The van der Waals surface area contributed by atoms with Crippen molar-refractivity contribution in [3.05, 3.63) is 0 Å². The molecular formula is C10H19N2O2+. The van der Waals surface area contributed by atoms with E-state index in [1.807, 2.05) is 27.0 Å². The smallest absolute Gasteiger partial charge is 0.408 e. The Morgan fingerprint density at radius 3 is 2.79 bits per heavy atom. The summed E-state index contributed by atoms with van der Waals surface area (Å²) in [5.41, 5.74) is -0.418. The van der Waals surface area contributed by atoms with Crippen molar-refractivity contribution in [2.24, 2.45) is 0 Å². The fourth-order valence-corrected chi connectivity index (χ4v) is 1.31. The Hall–Kier alpha value is -1.06. The van der Waals surface area contributed by atoms with Crippen LogP contribution in [0.4, 0.5) is 4.79 Å². The first-order chi connectivity index (χ1) is 6.47. The van der Waals surface area contributed by atoms with E-state index in [4.69, 9.17) is 4.74 Å². The molecule has 1 atom stereocenters. The van der Waals surface area contributed by atoms with Gasteiger partial charge < -0.3 is 10.1 Å². The third kappa shape index (κ3) is 4.25. The van der Waals surface area contributed by atoms with Crippen LogP contribution in [-0.2, 0) is 4.74 Å². The largest absolute Gasteiger partial charge is 0.444 e. The summed E-state index contributed by atoms with van der Waals surface area (Å²) < 4.78 is 5.15. The van der Waals surface area contributed by atoms with Gasteiger partial charge in [0.15, 0.2) is 6.54 Å². The van der Waals surface area contributed by atoms with Crippen LogP contribution in [0.2, 0.25) is 0 Å². The Kier molecular flexibility index (Phi) is 3.49. The van der Waals surface area contributed by atoms with E-state index in [-0.39, 0.29) is 12.1 Å². The van der Waals surface area contributed by atoms with Gasteiger partial charge in [-0.2, -0.15) is 0 Å². The lowest BCUT2D eigenvalue weighted by molar-refractivity contribution is -0.461. The van der Waals surface area contributed by atoms with Gasteiger partial charge in [-0.25, -0.2) is 9.79 Å². The molecule has 0 aromatic carbocycles. The maximum absolute atomic E-state index is 11.4. The third-order valence-electron chi connectivity index (χ3n) is 1.89. The lowest BCUT2D eigenvalue weighted by atomic mass is 10.1. The third-order valence-corrected chi connectivity index (χ3v) is 1.89. The number of hydrogen-bond donors (Lipinski definition) is 2. The summed E-state index contributed by atoms with van der Waals surface area (Å²) in [4.78, 5) is 14.5. The summed E-state index contributed by atoms with van der Waals surface area (Å²) in [7, 11) is 0. The highest BCUT2D eigenvalue weighted by Crippen LogP contribution is 2.07.